The van der Waals surface area contributed by atoms with Gasteiger partial charge in [-0.05, 0) is 42.9 Å². The quantitative estimate of drug-likeness (QED) is 0.629. The first-order valence-corrected chi connectivity index (χ1v) is 11.6. The van der Waals surface area contributed by atoms with Gasteiger partial charge in [-0.15, -0.1) is 0 Å². The number of amides is 1. The number of sulfonamides is 1. The highest BCUT2D eigenvalue weighted by Gasteiger charge is 2.28. The molecule has 0 aliphatic carbocycles. The van der Waals surface area contributed by atoms with E-state index in [0.717, 1.165) is 30.5 Å². The van der Waals surface area contributed by atoms with Crippen molar-refractivity contribution < 1.29 is 13.2 Å². The molecule has 1 amide bonds. The molecule has 0 bridgehead atoms. The Balaban J connectivity index is 1.52. The minimum atomic E-state index is -3.61. The van der Waals surface area contributed by atoms with Gasteiger partial charge in [0.2, 0.25) is 10.0 Å². The number of benzene rings is 2. The molecule has 1 saturated heterocycles. The number of anilines is 1. The maximum absolute atomic E-state index is 13.0. The fourth-order valence-electron chi connectivity index (χ4n) is 3.59. The van der Waals surface area contributed by atoms with Crippen LogP contribution in [0.1, 0.15) is 17.4 Å². The first-order chi connectivity index (χ1) is 14.4. The Morgan fingerprint density at radius 2 is 1.87 bits per heavy atom. The summed E-state index contributed by atoms with van der Waals surface area (Å²) in [5, 5.41) is 4.22. The predicted molar refractivity (Wildman–Crippen MR) is 119 cm³/mol. The summed E-state index contributed by atoms with van der Waals surface area (Å²) < 4.78 is 27.5. The lowest BCUT2D eigenvalue weighted by Crippen LogP contribution is -2.48. The highest BCUT2D eigenvalue weighted by molar-refractivity contribution is 7.89. The molecule has 1 aliphatic rings. The van der Waals surface area contributed by atoms with Crippen LogP contribution < -0.4 is 5.32 Å². The van der Waals surface area contributed by atoms with E-state index in [-0.39, 0.29) is 10.8 Å². The Hall–Kier alpha value is -2.39. The largest absolute Gasteiger partial charge is 0.350 e. The zero-order valence-corrected chi connectivity index (χ0v) is 18.1. The van der Waals surface area contributed by atoms with Crippen molar-refractivity contribution in [1.82, 2.24) is 14.2 Å². The van der Waals surface area contributed by atoms with Crippen LogP contribution in [0.25, 0.3) is 10.9 Å². The van der Waals surface area contributed by atoms with Gasteiger partial charge < -0.3 is 15.2 Å². The van der Waals surface area contributed by atoms with Gasteiger partial charge >= 0.3 is 0 Å². The topological polar surface area (TPSA) is 85.5 Å². The molecule has 0 radical (unpaired) electrons. The van der Waals surface area contributed by atoms with E-state index in [2.05, 4.69) is 22.1 Å². The van der Waals surface area contributed by atoms with Crippen LogP contribution in [0.15, 0.2) is 53.4 Å². The molecular weight excluding hydrogens is 424 g/mol. The average Bonchev–Trinajstić information content (AvgIpc) is 3.17. The summed E-state index contributed by atoms with van der Waals surface area (Å²) in [4.78, 5) is 18.1. The van der Waals surface area contributed by atoms with Crippen LogP contribution >= 0.6 is 11.6 Å². The Labute approximate surface area is 180 Å². The molecule has 1 fully saturated rings. The SMILES string of the molecule is CCN1CCN(S(=O)(=O)c2cccc(NC(=O)c3cc4ccc(Cl)cc4[nH]3)c2)CC1. The van der Waals surface area contributed by atoms with E-state index in [4.69, 9.17) is 11.6 Å². The third kappa shape index (κ3) is 4.22. The van der Waals surface area contributed by atoms with E-state index in [1.807, 2.05) is 6.07 Å². The minimum absolute atomic E-state index is 0.175. The smallest absolute Gasteiger partial charge is 0.272 e. The summed E-state index contributed by atoms with van der Waals surface area (Å²) in [7, 11) is -3.61. The lowest BCUT2D eigenvalue weighted by atomic mass is 10.2. The fraction of sp³-hybridized carbons (Fsp3) is 0.286. The molecule has 2 N–H and O–H groups in total. The summed E-state index contributed by atoms with van der Waals surface area (Å²) in [6.45, 7) is 5.34. The van der Waals surface area contributed by atoms with Gasteiger partial charge in [0.25, 0.3) is 5.91 Å². The molecule has 0 saturated carbocycles. The molecule has 0 spiro atoms. The number of hydrogen-bond acceptors (Lipinski definition) is 4. The van der Waals surface area contributed by atoms with Crippen LogP contribution in [0.3, 0.4) is 0 Å². The van der Waals surface area contributed by atoms with E-state index in [9.17, 15) is 13.2 Å². The molecule has 3 aromatic rings. The fourth-order valence-corrected chi connectivity index (χ4v) is 5.23. The highest BCUT2D eigenvalue weighted by Crippen LogP contribution is 2.23. The van der Waals surface area contributed by atoms with Gasteiger partial charge in [0.05, 0.1) is 4.90 Å². The third-order valence-corrected chi connectivity index (χ3v) is 7.47. The number of piperazine rings is 1. The molecule has 1 aromatic heterocycles. The maximum atomic E-state index is 13.0. The highest BCUT2D eigenvalue weighted by atomic mass is 35.5. The molecule has 1 aliphatic heterocycles. The van der Waals surface area contributed by atoms with Crippen molar-refractivity contribution in [2.24, 2.45) is 0 Å². The van der Waals surface area contributed by atoms with Crippen molar-refractivity contribution in [3.05, 3.63) is 59.2 Å². The summed E-state index contributed by atoms with van der Waals surface area (Å²) in [5.41, 5.74) is 1.55. The van der Waals surface area contributed by atoms with Crippen molar-refractivity contribution in [3.63, 3.8) is 0 Å². The summed E-state index contributed by atoms with van der Waals surface area (Å²) in [6, 6.07) is 13.4. The zero-order valence-electron chi connectivity index (χ0n) is 16.6. The second kappa shape index (κ2) is 8.39. The van der Waals surface area contributed by atoms with E-state index in [1.54, 1.807) is 36.4 Å². The number of rotatable bonds is 5. The van der Waals surface area contributed by atoms with Crippen molar-refractivity contribution in [2.45, 2.75) is 11.8 Å². The Morgan fingerprint density at radius 1 is 1.10 bits per heavy atom. The van der Waals surface area contributed by atoms with Gasteiger partial charge in [0.15, 0.2) is 0 Å². The predicted octanol–water partition coefficient (Wildman–Crippen LogP) is 3.40. The standard InChI is InChI=1S/C21H23ClN4O3S/c1-2-25-8-10-26(11-9-25)30(28,29)18-5-3-4-17(14-18)23-21(27)20-12-15-6-7-16(22)13-19(15)24-20/h3-7,12-14,24H,2,8-11H2,1H3,(H,23,27). The van der Waals surface area contributed by atoms with E-state index < -0.39 is 10.0 Å². The lowest BCUT2D eigenvalue weighted by molar-refractivity contribution is 0.102. The number of fused-ring (bicyclic) bond motifs is 1. The van der Waals surface area contributed by atoms with Gasteiger partial charge in [0.1, 0.15) is 5.69 Å². The van der Waals surface area contributed by atoms with Crippen LogP contribution in [0.2, 0.25) is 5.02 Å². The second-order valence-corrected chi connectivity index (χ2v) is 9.61. The average molecular weight is 447 g/mol. The zero-order chi connectivity index (χ0) is 21.3. The molecule has 2 heterocycles. The van der Waals surface area contributed by atoms with Crippen LogP contribution in [0.5, 0.6) is 0 Å². The second-order valence-electron chi connectivity index (χ2n) is 7.23. The Kier molecular flexibility index (Phi) is 5.84. The summed E-state index contributed by atoms with van der Waals surface area (Å²) in [5.74, 6) is -0.353. The molecule has 4 rings (SSSR count). The number of carbonyl (C=O) groups excluding carboxylic acids is 1. The molecule has 9 heteroatoms. The molecule has 0 unspecified atom stereocenters. The molecular formula is C21H23ClN4O3S. The first kappa shape index (κ1) is 20.9. The van der Waals surface area contributed by atoms with Crippen molar-refractivity contribution in [3.8, 4) is 0 Å². The molecule has 0 atom stereocenters. The number of aromatic amines is 1. The summed E-state index contributed by atoms with van der Waals surface area (Å²) in [6.07, 6.45) is 0. The number of H-pyrrole nitrogens is 1. The van der Waals surface area contributed by atoms with Gasteiger partial charge in [-0.2, -0.15) is 4.31 Å². The van der Waals surface area contributed by atoms with Gasteiger partial charge in [-0.1, -0.05) is 30.7 Å². The third-order valence-electron chi connectivity index (χ3n) is 5.34. The maximum Gasteiger partial charge on any atom is 0.272 e. The van der Waals surface area contributed by atoms with Gasteiger partial charge in [-0.3, -0.25) is 4.79 Å². The number of nitrogens with one attached hydrogen (secondary N) is 2. The van der Waals surface area contributed by atoms with E-state index >= 15 is 0 Å². The van der Waals surface area contributed by atoms with Crippen LogP contribution in [-0.4, -0.2) is 61.2 Å². The lowest BCUT2D eigenvalue weighted by Gasteiger charge is -2.33. The van der Waals surface area contributed by atoms with Crippen LogP contribution in [-0.2, 0) is 10.0 Å². The number of carbonyl (C=O) groups is 1. The molecule has 7 nitrogen and oxygen atoms in total. The molecule has 158 valence electrons. The number of hydrogen-bond donors (Lipinski definition) is 2. The van der Waals surface area contributed by atoms with Crippen molar-refractivity contribution in [1.29, 1.82) is 0 Å². The Morgan fingerprint density at radius 3 is 2.60 bits per heavy atom. The van der Waals surface area contributed by atoms with Crippen molar-refractivity contribution in [2.75, 3.05) is 38.0 Å². The van der Waals surface area contributed by atoms with Gasteiger partial charge in [0, 0.05) is 47.8 Å². The van der Waals surface area contributed by atoms with Crippen LogP contribution in [0, 0.1) is 0 Å². The number of aromatic nitrogens is 1. The molecule has 30 heavy (non-hydrogen) atoms. The number of halogens is 1. The van der Waals surface area contributed by atoms with Crippen LogP contribution in [0.4, 0.5) is 5.69 Å². The normalized spacial score (nSPS) is 16.1. The number of nitrogens with zero attached hydrogens (tertiary/aromatic N) is 2. The molecule has 2 aromatic carbocycles. The monoisotopic (exact) mass is 446 g/mol. The van der Waals surface area contributed by atoms with E-state index in [1.165, 1.54) is 10.4 Å². The Bertz CT molecular complexity index is 1180. The number of likely N-dealkylation sites (N-methyl/N-ethyl adjacent to an activating group) is 1. The van der Waals surface area contributed by atoms with E-state index in [0.29, 0.717) is 29.5 Å². The minimum Gasteiger partial charge on any atom is -0.350 e. The first-order valence-electron chi connectivity index (χ1n) is 9.79. The summed E-state index contributed by atoms with van der Waals surface area (Å²) >= 11 is 5.99. The van der Waals surface area contributed by atoms with Gasteiger partial charge in [-0.25, -0.2) is 8.42 Å². The van der Waals surface area contributed by atoms with Crippen molar-refractivity contribution >= 4 is 44.1 Å².